The number of aliphatic hydroxyl groups excluding tert-OH is 1. The summed E-state index contributed by atoms with van der Waals surface area (Å²) in [4.78, 5) is 0. The van der Waals surface area contributed by atoms with Gasteiger partial charge in [0, 0.05) is 26.2 Å². The summed E-state index contributed by atoms with van der Waals surface area (Å²) in [5.74, 6) is 0.220. The summed E-state index contributed by atoms with van der Waals surface area (Å²) in [6, 6.07) is 0. The van der Waals surface area contributed by atoms with Gasteiger partial charge in [0.2, 0.25) is 0 Å². The molecule has 1 rings (SSSR count). The Morgan fingerprint density at radius 2 is 2.07 bits per heavy atom. The van der Waals surface area contributed by atoms with Gasteiger partial charge < -0.3 is 20.7 Å². The molecule has 4 N–H and O–H groups in total. The molecule has 1 aliphatic rings. The second kappa shape index (κ2) is 5.07. The minimum absolute atomic E-state index is 0.208. The Labute approximate surface area is 85.1 Å². The van der Waals surface area contributed by atoms with E-state index in [0.717, 1.165) is 12.8 Å². The van der Waals surface area contributed by atoms with E-state index in [2.05, 4.69) is 0 Å². The van der Waals surface area contributed by atoms with Crippen LogP contribution >= 0.6 is 0 Å². The van der Waals surface area contributed by atoms with Crippen molar-refractivity contribution in [3.05, 3.63) is 0 Å². The van der Waals surface area contributed by atoms with Crippen molar-refractivity contribution in [2.45, 2.75) is 37.9 Å². The molecule has 84 valence electrons. The topological polar surface area (TPSA) is 75.7 Å². The minimum atomic E-state index is -0.817. The molecule has 1 saturated heterocycles. The highest BCUT2D eigenvalue weighted by Crippen LogP contribution is 2.30. The van der Waals surface area contributed by atoms with Crippen molar-refractivity contribution in [1.82, 2.24) is 0 Å². The van der Waals surface area contributed by atoms with E-state index >= 15 is 0 Å². The summed E-state index contributed by atoms with van der Waals surface area (Å²) in [5.41, 5.74) is 4.51. The van der Waals surface area contributed by atoms with E-state index in [-0.39, 0.29) is 12.5 Å². The first-order valence-electron chi connectivity index (χ1n) is 5.24. The summed E-state index contributed by atoms with van der Waals surface area (Å²) in [5, 5.41) is 19.6. The molecular formula is C10H21NO3. The average molecular weight is 203 g/mol. The van der Waals surface area contributed by atoms with Crippen molar-refractivity contribution in [3.63, 3.8) is 0 Å². The van der Waals surface area contributed by atoms with Crippen molar-refractivity contribution < 1.29 is 14.9 Å². The monoisotopic (exact) mass is 203 g/mol. The first kappa shape index (κ1) is 11.9. The van der Waals surface area contributed by atoms with Gasteiger partial charge in [-0.25, -0.2) is 0 Å². The molecule has 2 atom stereocenters. The van der Waals surface area contributed by atoms with E-state index < -0.39 is 11.7 Å². The fraction of sp³-hybridized carbons (Fsp3) is 1.00. The predicted octanol–water partition coefficient (Wildman–Crippen LogP) is -0.126. The van der Waals surface area contributed by atoms with Crippen LogP contribution < -0.4 is 5.73 Å². The number of nitrogens with two attached hydrogens (primary N) is 1. The van der Waals surface area contributed by atoms with Crippen LogP contribution in [0.15, 0.2) is 0 Å². The molecule has 0 aromatic rings. The molecular weight excluding hydrogens is 182 g/mol. The smallest absolute Gasteiger partial charge is 0.0689 e. The summed E-state index contributed by atoms with van der Waals surface area (Å²) in [7, 11) is 0. The molecule has 0 unspecified atom stereocenters. The van der Waals surface area contributed by atoms with Crippen LogP contribution in [0.25, 0.3) is 0 Å². The van der Waals surface area contributed by atoms with Gasteiger partial charge in [-0.1, -0.05) is 0 Å². The van der Waals surface area contributed by atoms with Crippen molar-refractivity contribution in [2.75, 3.05) is 19.8 Å². The van der Waals surface area contributed by atoms with Gasteiger partial charge in [-0.2, -0.15) is 0 Å². The van der Waals surface area contributed by atoms with Crippen LogP contribution in [0, 0.1) is 5.92 Å². The maximum absolute atomic E-state index is 10.2. The molecule has 0 bridgehead atoms. The summed E-state index contributed by atoms with van der Waals surface area (Å²) in [6.07, 6.45) is 1.48. The molecule has 0 aliphatic carbocycles. The molecule has 0 radical (unpaired) electrons. The Morgan fingerprint density at radius 3 is 2.57 bits per heavy atom. The number of aliphatic hydroxyl groups is 2. The van der Waals surface area contributed by atoms with Crippen LogP contribution in [0.4, 0.5) is 0 Å². The van der Waals surface area contributed by atoms with E-state index in [4.69, 9.17) is 10.5 Å². The van der Waals surface area contributed by atoms with E-state index in [1.807, 2.05) is 0 Å². The first-order valence-corrected chi connectivity index (χ1v) is 5.24. The van der Waals surface area contributed by atoms with E-state index in [9.17, 15) is 10.2 Å². The Morgan fingerprint density at radius 1 is 1.50 bits per heavy atom. The van der Waals surface area contributed by atoms with Crippen LogP contribution in [0.2, 0.25) is 0 Å². The van der Waals surface area contributed by atoms with Crippen molar-refractivity contribution in [3.8, 4) is 0 Å². The van der Waals surface area contributed by atoms with Crippen LogP contribution in [0.1, 0.15) is 26.2 Å². The Hall–Kier alpha value is -0.160. The van der Waals surface area contributed by atoms with Crippen molar-refractivity contribution in [2.24, 2.45) is 11.7 Å². The van der Waals surface area contributed by atoms with Gasteiger partial charge in [-0.3, -0.25) is 0 Å². The lowest BCUT2D eigenvalue weighted by Crippen LogP contribution is -2.42. The van der Waals surface area contributed by atoms with Gasteiger partial charge >= 0.3 is 0 Å². The zero-order chi connectivity index (χ0) is 10.6. The predicted molar refractivity (Wildman–Crippen MR) is 53.8 cm³/mol. The maximum atomic E-state index is 10.2. The number of hydrogen-bond donors (Lipinski definition) is 3. The molecule has 4 heteroatoms. The first-order chi connectivity index (χ1) is 6.56. The van der Waals surface area contributed by atoms with Gasteiger partial charge in [0.05, 0.1) is 11.7 Å². The fourth-order valence-electron chi connectivity index (χ4n) is 2.05. The quantitative estimate of drug-likeness (QED) is 0.595. The van der Waals surface area contributed by atoms with E-state index in [0.29, 0.717) is 19.6 Å². The minimum Gasteiger partial charge on any atom is -0.392 e. The molecule has 1 fully saturated rings. The Kier molecular flexibility index (Phi) is 4.31. The average Bonchev–Trinajstić information content (AvgIpc) is 2.18. The van der Waals surface area contributed by atoms with Crippen LogP contribution in [-0.2, 0) is 4.74 Å². The molecule has 0 saturated carbocycles. The van der Waals surface area contributed by atoms with Crippen LogP contribution in [0.5, 0.6) is 0 Å². The zero-order valence-electron chi connectivity index (χ0n) is 8.78. The van der Waals surface area contributed by atoms with Crippen LogP contribution in [-0.4, -0.2) is 41.7 Å². The molecule has 14 heavy (non-hydrogen) atoms. The van der Waals surface area contributed by atoms with Gasteiger partial charge in [-0.15, -0.1) is 0 Å². The SMILES string of the molecule is C[C@](O)(C[C@H](O)CN)C1CCOCC1. The number of ether oxygens (including phenoxy) is 1. The van der Waals surface area contributed by atoms with Crippen molar-refractivity contribution >= 4 is 0 Å². The normalized spacial score (nSPS) is 25.7. The molecule has 1 heterocycles. The third-order valence-electron chi connectivity index (χ3n) is 3.02. The molecule has 1 aliphatic heterocycles. The van der Waals surface area contributed by atoms with Gasteiger partial charge in [0.1, 0.15) is 0 Å². The Balaban J connectivity index is 2.45. The molecule has 0 spiro atoms. The lowest BCUT2D eigenvalue weighted by molar-refractivity contribution is -0.0765. The lowest BCUT2D eigenvalue weighted by Gasteiger charge is -2.36. The highest BCUT2D eigenvalue weighted by atomic mass is 16.5. The molecule has 0 aromatic heterocycles. The standard InChI is InChI=1S/C10H21NO3/c1-10(13,6-9(12)7-11)8-2-4-14-5-3-8/h8-9,12-13H,2-7,11H2,1H3/t9-,10-/m0/s1. The van der Waals surface area contributed by atoms with Gasteiger partial charge in [0.25, 0.3) is 0 Å². The van der Waals surface area contributed by atoms with Gasteiger partial charge in [-0.05, 0) is 25.7 Å². The molecule has 0 amide bonds. The summed E-state index contributed by atoms with van der Waals surface area (Å²) in [6.45, 7) is 3.40. The lowest BCUT2D eigenvalue weighted by atomic mass is 9.80. The highest BCUT2D eigenvalue weighted by molar-refractivity contribution is 4.86. The summed E-state index contributed by atoms with van der Waals surface area (Å²) < 4.78 is 5.23. The third kappa shape index (κ3) is 3.20. The van der Waals surface area contributed by atoms with E-state index in [1.54, 1.807) is 6.92 Å². The maximum Gasteiger partial charge on any atom is 0.0689 e. The van der Waals surface area contributed by atoms with Crippen molar-refractivity contribution in [1.29, 1.82) is 0 Å². The second-order valence-electron chi connectivity index (χ2n) is 4.34. The number of hydrogen-bond acceptors (Lipinski definition) is 4. The zero-order valence-corrected chi connectivity index (χ0v) is 8.78. The fourth-order valence-corrected chi connectivity index (χ4v) is 2.05. The third-order valence-corrected chi connectivity index (χ3v) is 3.02. The summed E-state index contributed by atoms with van der Waals surface area (Å²) >= 11 is 0. The molecule has 4 nitrogen and oxygen atoms in total. The van der Waals surface area contributed by atoms with Crippen LogP contribution in [0.3, 0.4) is 0 Å². The van der Waals surface area contributed by atoms with E-state index in [1.165, 1.54) is 0 Å². The highest BCUT2D eigenvalue weighted by Gasteiger charge is 2.34. The molecule has 0 aromatic carbocycles. The van der Waals surface area contributed by atoms with Gasteiger partial charge in [0.15, 0.2) is 0 Å². The second-order valence-corrected chi connectivity index (χ2v) is 4.34. The largest absolute Gasteiger partial charge is 0.392 e. The Bertz CT molecular complexity index is 167. The number of rotatable bonds is 4.